The molecule has 1 amide bonds. The van der Waals surface area contributed by atoms with E-state index in [4.69, 9.17) is 0 Å². The van der Waals surface area contributed by atoms with Gasteiger partial charge < -0.3 is 15.1 Å². The Labute approximate surface area is 122 Å². The Balaban J connectivity index is 2.09. The fourth-order valence-corrected chi connectivity index (χ4v) is 2.50. The summed E-state index contributed by atoms with van der Waals surface area (Å²) in [5.74, 6) is 0.108. The number of hydrogen-bond acceptors (Lipinski definition) is 3. The molecular weight excluding hydrogens is 266 g/mol. The standard InChI is InChI=1S/C17H15NO3/c19-10-9-18-16(11-12-5-7-13(20)8-6-12)14-3-1-2-4-15(14)17(18)21/h1-8,11,19-20H,9-10H2. The average molecular weight is 281 g/mol. The summed E-state index contributed by atoms with van der Waals surface area (Å²) in [6.45, 7) is 0.171. The van der Waals surface area contributed by atoms with Crippen LogP contribution in [0.5, 0.6) is 5.75 Å². The first kappa shape index (κ1) is 13.4. The molecule has 0 bridgehead atoms. The maximum Gasteiger partial charge on any atom is 0.259 e. The summed E-state index contributed by atoms with van der Waals surface area (Å²) in [5, 5.41) is 18.5. The van der Waals surface area contributed by atoms with Crippen LogP contribution >= 0.6 is 0 Å². The van der Waals surface area contributed by atoms with Crippen LogP contribution in [0.3, 0.4) is 0 Å². The monoisotopic (exact) mass is 281 g/mol. The molecule has 0 radical (unpaired) electrons. The maximum absolute atomic E-state index is 12.4. The number of nitrogens with zero attached hydrogens (tertiary/aromatic N) is 1. The van der Waals surface area contributed by atoms with E-state index in [2.05, 4.69) is 0 Å². The number of carbonyl (C=O) groups excluding carboxylic acids is 1. The van der Waals surface area contributed by atoms with Crippen molar-refractivity contribution >= 4 is 17.7 Å². The molecule has 0 unspecified atom stereocenters. The van der Waals surface area contributed by atoms with Gasteiger partial charge in [0.05, 0.1) is 12.3 Å². The molecule has 0 fully saturated rings. The lowest BCUT2D eigenvalue weighted by molar-refractivity contribution is 0.0829. The fraction of sp³-hybridized carbons (Fsp3) is 0.118. The Kier molecular flexibility index (Phi) is 3.46. The zero-order valence-corrected chi connectivity index (χ0v) is 11.4. The van der Waals surface area contributed by atoms with Crippen molar-refractivity contribution in [3.8, 4) is 5.75 Å². The molecule has 106 valence electrons. The van der Waals surface area contributed by atoms with E-state index >= 15 is 0 Å². The van der Waals surface area contributed by atoms with E-state index in [1.807, 2.05) is 24.3 Å². The molecule has 0 aromatic heterocycles. The van der Waals surface area contributed by atoms with Gasteiger partial charge in [0.15, 0.2) is 0 Å². The van der Waals surface area contributed by atoms with E-state index in [1.165, 1.54) is 0 Å². The molecule has 4 nitrogen and oxygen atoms in total. The van der Waals surface area contributed by atoms with Crippen molar-refractivity contribution in [2.24, 2.45) is 0 Å². The van der Waals surface area contributed by atoms with Crippen LogP contribution in [0, 0.1) is 0 Å². The molecule has 21 heavy (non-hydrogen) atoms. The molecule has 0 saturated heterocycles. The Hall–Kier alpha value is -2.59. The molecule has 0 spiro atoms. The molecule has 0 aliphatic carbocycles. The predicted molar refractivity (Wildman–Crippen MR) is 80.5 cm³/mol. The zero-order chi connectivity index (χ0) is 14.8. The van der Waals surface area contributed by atoms with Gasteiger partial charge in [0, 0.05) is 17.7 Å². The minimum absolute atomic E-state index is 0.0906. The molecule has 2 aromatic carbocycles. The number of hydrogen-bond donors (Lipinski definition) is 2. The molecule has 0 atom stereocenters. The van der Waals surface area contributed by atoms with E-state index in [0.29, 0.717) is 5.56 Å². The number of aromatic hydroxyl groups is 1. The Morgan fingerprint density at radius 3 is 2.33 bits per heavy atom. The van der Waals surface area contributed by atoms with Crippen LogP contribution in [0.25, 0.3) is 11.8 Å². The summed E-state index contributed by atoms with van der Waals surface area (Å²) in [6.07, 6.45) is 1.89. The van der Waals surface area contributed by atoms with Crippen LogP contribution in [0.2, 0.25) is 0 Å². The summed E-state index contributed by atoms with van der Waals surface area (Å²) in [7, 11) is 0. The van der Waals surface area contributed by atoms with Crippen molar-refractivity contribution in [3.63, 3.8) is 0 Å². The second kappa shape index (κ2) is 5.42. The van der Waals surface area contributed by atoms with Crippen LogP contribution in [-0.2, 0) is 0 Å². The maximum atomic E-state index is 12.4. The van der Waals surface area contributed by atoms with Gasteiger partial charge in [-0.1, -0.05) is 30.3 Å². The number of carbonyl (C=O) groups is 1. The number of phenols is 1. The Bertz CT molecular complexity index is 704. The topological polar surface area (TPSA) is 60.8 Å². The molecule has 1 aliphatic rings. The summed E-state index contributed by atoms with van der Waals surface area (Å²) in [6, 6.07) is 14.2. The first-order valence-electron chi connectivity index (χ1n) is 6.73. The fourth-order valence-electron chi connectivity index (χ4n) is 2.50. The van der Waals surface area contributed by atoms with E-state index in [9.17, 15) is 15.0 Å². The highest BCUT2D eigenvalue weighted by Crippen LogP contribution is 2.33. The highest BCUT2D eigenvalue weighted by molar-refractivity contribution is 6.11. The van der Waals surface area contributed by atoms with Gasteiger partial charge in [-0.05, 0) is 29.8 Å². The number of aliphatic hydroxyl groups excluding tert-OH is 1. The van der Waals surface area contributed by atoms with Crippen LogP contribution in [0.1, 0.15) is 21.5 Å². The number of amides is 1. The van der Waals surface area contributed by atoms with Gasteiger partial charge in [0.1, 0.15) is 5.75 Å². The van der Waals surface area contributed by atoms with Crippen molar-refractivity contribution in [1.29, 1.82) is 0 Å². The van der Waals surface area contributed by atoms with Gasteiger partial charge in [0.25, 0.3) is 5.91 Å². The van der Waals surface area contributed by atoms with Crippen LogP contribution < -0.4 is 0 Å². The average Bonchev–Trinajstić information content (AvgIpc) is 2.76. The normalized spacial score (nSPS) is 15.6. The van der Waals surface area contributed by atoms with Crippen molar-refractivity contribution in [2.45, 2.75) is 0 Å². The van der Waals surface area contributed by atoms with Gasteiger partial charge in [-0.15, -0.1) is 0 Å². The smallest absolute Gasteiger partial charge is 0.259 e. The van der Waals surface area contributed by atoms with Crippen molar-refractivity contribution < 1.29 is 15.0 Å². The lowest BCUT2D eigenvalue weighted by atomic mass is 10.1. The molecule has 4 heteroatoms. The Morgan fingerprint density at radius 2 is 1.67 bits per heavy atom. The minimum atomic E-state index is -0.0929. The molecule has 1 aliphatic heterocycles. The number of benzene rings is 2. The largest absolute Gasteiger partial charge is 0.508 e. The van der Waals surface area contributed by atoms with E-state index in [-0.39, 0.29) is 24.8 Å². The second-order valence-electron chi connectivity index (χ2n) is 4.85. The highest BCUT2D eigenvalue weighted by atomic mass is 16.3. The summed E-state index contributed by atoms with van der Waals surface area (Å²) in [5.41, 5.74) is 3.17. The molecule has 3 rings (SSSR count). The van der Waals surface area contributed by atoms with Gasteiger partial charge in [-0.3, -0.25) is 4.79 Å². The minimum Gasteiger partial charge on any atom is -0.508 e. The number of phenolic OH excluding ortho intramolecular Hbond substituents is 1. The zero-order valence-electron chi connectivity index (χ0n) is 11.4. The van der Waals surface area contributed by atoms with Crippen molar-refractivity contribution in [2.75, 3.05) is 13.2 Å². The van der Waals surface area contributed by atoms with Crippen molar-refractivity contribution in [3.05, 3.63) is 65.2 Å². The number of fused-ring (bicyclic) bond motifs is 1. The molecule has 0 saturated carbocycles. The Morgan fingerprint density at radius 1 is 1.00 bits per heavy atom. The first-order chi connectivity index (χ1) is 10.2. The molecule has 1 heterocycles. The summed E-state index contributed by atoms with van der Waals surface area (Å²) in [4.78, 5) is 14.0. The quantitative estimate of drug-likeness (QED) is 0.907. The lowest BCUT2D eigenvalue weighted by Crippen LogP contribution is -2.26. The second-order valence-corrected chi connectivity index (χ2v) is 4.85. The van der Waals surface area contributed by atoms with Crippen LogP contribution in [0.15, 0.2) is 48.5 Å². The SMILES string of the molecule is O=C1c2ccccc2C(=Cc2ccc(O)cc2)N1CCO. The van der Waals surface area contributed by atoms with Crippen LogP contribution in [-0.4, -0.2) is 34.2 Å². The molecular formula is C17H15NO3. The number of β-amino-alcohol motifs (C(OH)–C–C–N with tert-alkyl or cyclic N) is 1. The third-order valence-corrected chi connectivity index (χ3v) is 3.49. The number of aliphatic hydroxyl groups is 1. The highest BCUT2D eigenvalue weighted by Gasteiger charge is 2.31. The lowest BCUT2D eigenvalue weighted by Gasteiger charge is -2.17. The summed E-state index contributed by atoms with van der Waals surface area (Å²) >= 11 is 0. The van der Waals surface area contributed by atoms with E-state index in [0.717, 1.165) is 16.8 Å². The van der Waals surface area contributed by atoms with Crippen molar-refractivity contribution in [1.82, 2.24) is 4.90 Å². The first-order valence-corrected chi connectivity index (χ1v) is 6.73. The third kappa shape index (κ3) is 2.41. The van der Waals surface area contributed by atoms with Gasteiger partial charge >= 0.3 is 0 Å². The van der Waals surface area contributed by atoms with E-state index < -0.39 is 0 Å². The molecule has 2 aromatic rings. The molecule has 2 N–H and O–H groups in total. The van der Waals surface area contributed by atoms with Gasteiger partial charge in [-0.25, -0.2) is 0 Å². The summed E-state index contributed by atoms with van der Waals surface area (Å²) < 4.78 is 0. The van der Waals surface area contributed by atoms with Gasteiger partial charge in [0.2, 0.25) is 0 Å². The predicted octanol–water partition coefficient (Wildman–Crippen LogP) is 2.34. The van der Waals surface area contributed by atoms with Crippen LogP contribution in [0.4, 0.5) is 0 Å². The van der Waals surface area contributed by atoms with Gasteiger partial charge in [-0.2, -0.15) is 0 Å². The third-order valence-electron chi connectivity index (χ3n) is 3.49. The number of rotatable bonds is 3. The van der Waals surface area contributed by atoms with E-state index in [1.54, 1.807) is 35.2 Å².